The normalized spacial score (nSPS) is 17.6. The molecule has 2 atom stereocenters. The molecule has 0 spiro atoms. The van der Waals surface area contributed by atoms with Crippen LogP contribution in [-0.2, 0) is 63.6 Å². The van der Waals surface area contributed by atoms with Gasteiger partial charge in [0, 0.05) is 13.1 Å². The third-order valence-corrected chi connectivity index (χ3v) is 15.0. The summed E-state index contributed by atoms with van der Waals surface area (Å²) in [4.78, 5) is 23.0. The molecular formula is C60H92N2O4P2. The zero-order valence-corrected chi connectivity index (χ0v) is 48.9. The highest BCUT2D eigenvalue weighted by atomic mass is 31.1. The highest BCUT2D eigenvalue weighted by Gasteiger charge is 2.69. The van der Waals surface area contributed by atoms with Crippen molar-refractivity contribution in [1.29, 1.82) is 0 Å². The van der Waals surface area contributed by atoms with Gasteiger partial charge in [-0.25, -0.2) is 9.25 Å². The van der Waals surface area contributed by atoms with Gasteiger partial charge in [-0.2, -0.15) is 10.1 Å². The van der Waals surface area contributed by atoms with E-state index in [-0.39, 0.29) is 43.3 Å². The van der Waals surface area contributed by atoms with Crippen molar-refractivity contribution in [2.75, 3.05) is 13.1 Å². The number of hydrogen-bond donors (Lipinski definition) is 2. The van der Waals surface area contributed by atoms with E-state index in [0.717, 1.165) is 22.3 Å². The molecule has 4 aromatic carbocycles. The summed E-state index contributed by atoms with van der Waals surface area (Å²) in [7, 11) is -1.71. The SMILES string of the molecule is CC(C)(C)c1ccc(C2(c3ccc(C(C)(C)C)cc3C(C)(C)C)N(OPO)CCN(OPO)C2(c2ccc(C(C)(C)C)cc2C(C)(C)C)c2ccc(C(C)(C)C)cc2C(C)(C)C)c(C(C)(C)C)c1. The quantitative estimate of drug-likeness (QED) is 0.172. The van der Waals surface area contributed by atoms with E-state index in [2.05, 4.69) is 249 Å². The fourth-order valence-electron chi connectivity index (χ4n) is 10.6. The minimum Gasteiger partial charge on any atom is -0.351 e. The molecule has 0 radical (unpaired) electrons. The van der Waals surface area contributed by atoms with Crippen molar-refractivity contribution in [3.63, 3.8) is 0 Å². The maximum atomic E-state index is 11.5. The molecule has 4 aromatic rings. The third-order valence-electron chi connectivity index (χ3n) is 14.4. The number of rotatable bonds is 8. The molecule has 2 unspecified atom stereocenters. The molecule has 68 heavy (non-hydrogen) atoms. The Morgan fingerprint density at radius 1 is 0.338 bits per heavy atom. The van der Waals surface area contributed by atoms with Crippen molar-refractivity contribution in [3.05, 3.63) is 140 Å². The minimum absolute atomic E-state index is 0.152. The van der Waals surface area contributed by atoms with Gasteiger partial charge in [0.15, 0.2) is 18.1 Å². The summed E-state index contributed by atoms with van der Waals surface area (Å²) in [5, 5.41) is 4.28. The Kier molecular flexibility index (Phi) is 15.6. The van der Waals surface area contributed by atoms with Crippen LogP contribution in [0.4, 0.5) is 0 Å². The molecule has 6 nitrogen and oxygen atoms in total. The summed E-state index contributed by atoms with van der Waals surface area (Å²) in [5.74, 6) is 0. The fourth-order valence-corrected chi connectivity index (χ4v) is 11.3. The van der Waals surface area contributed by atoms with E-state index in [0.29, 0.717) is 13.1 Å². The molecule has 0 aliphatic carbocycles. The fraction of sp³-hybridized carbons (Fsp3) is 0.600. The minimum atomic E-state index is -1.33. The first-order valence-corrected chi connectivity index (χ1v) is 26.7. The van der Waals surface area contributed by atoms with E-state index in [4.69, 9.17) is 9.25 Å². The van der Waals surface area contributed by atoms with Gasteiger partial charge in [-0.05, 0) is 110 Å². The summed E-state index contributed by atoms with van der Waals surface area (Å²) in [5.41, 5.74) is 9.03. The van der Waals surface area contributed by atoms with Crippen molar-refractivity contribution in [3.8, 4) is 0 Å². The van der Waals surface area contributed by atoms with Gasteiger partial charge in [0.05, 0.1) is 0 Å². The Labute approximate surface area is 418 Å². The van der Waals surface area contributed by atoms with Crippen LogP contribution in [0.5, 0.6) is 0 Å². The monoisotopic (exact) mass is 967 g/mol. The second-order valence-corrected chi connectivity index (χ2v) is 28.8. The molecule has 0 bridgehead atoms. The number of hydrogen-bond acceptors (Lipinski definition) is 6. The van der Waals surface area contributed by atoms with Crippen molar-refractivity contribution in [2.45, 2.75) is 221 Å². The Balaban J connectivity index is 2.44. The lowest BCUT2D eigenvalue weighted by molar-refractivity contribution is -0.276. The molecule has 376 valence electrons. The van der Waals surface area contributed by atoms with Gasteiger partial charge in [0.2, 0.25) is 0 Å². The summed E-state index contributed by atoms with van der Waals surface area (Å²) in [6.07, 6.45) is 0. The van der Waals surface area contributed by atoms with Crippen LogP contribution < -0.4 is 0 Å². The number of nitrogens with zero attached hydrogens (tertiary/aromatic N) is 2. The summed E-state index contributed by atoms with van der Waals surface area (Å²) >= 11 is 0. The van der Waals surface area contributed by atoms with Crippen LogP contribution in [-0.4, -0.2) is 33.0 Å². The van der Waals surface area contributed by atoms with E-state index >= 15 is 0 Å². The summed E-state index contributed by atoms with van der Waals surface area (Å²) in [6.45, 7) is 56.0. The standard InChI is InChI=1S/C60H92N2O4P2/c1-51(2,3)39-25-29-43(47(35-39)55(13,14)15)59(44-30-26-40(52(4,5)6)36-48(44)56(16,17)18)60(62(66-68-64)34-33-61(59)65-67-63,45-31-27-41(53(7,8)9)37-49(45)57(19,20)21)46-32-28-42(54(10,11)12)38-50(46)58(22,23)24/h25-32,35-38,63-64,67-68H,33-34H2,1-24H3. The van der Waals surface area contributed by atoms with Crippen LogP contribution in [0, 0.1) is 0 Å². The van der Waals surface area contributed by atoms with Gasteiger partial charge < -0.3 is 9.79 Å². The number of benzene rings is 4. The highest BCUT2D eigenvalue weighted by molar-refractivity contribution is 7.25. The molecule has 1 saturated heterocycles. The Morgan fingerprint density at radius 3 is 0.676 bits per heavy atom. The van der Waals surface area contributed by atoms with Crippen LogP contribution in [0.1, 0.15) is 233 Å². The molecule has 2 N–H and O–H groups in total. The predicted octanol–water partition coefficient (Wildman–Crippen LogP) is 15.7. The lowest BCUT2D eigenvalue weighted by atomic mass is 9.53. The van der Waals surface area contributed by atoms with Gasteiger partial charge in [0.1, 0.15) is 11.1 Å². The Bertz CT molecular complexity index is 2110. The number of piperazine rings is 1. The van der Waals surface area contributed by atoms with Crippen molar-refractivity contribution in [1.82, 2.24) is 10.1 Å². The van der Waals surface area contributed by atoms with Crippen molar-refractivity contribution < 1.29 is 19.0 Å². The van der Waals surface area contributed by atoms with E-state index in [9.17, 15) is 9.79 Å². The molecule has 8 heteroatoms. The Morgan fingerprint density at radius 2 is 0.529 bits per heavy atom. The molecule has 5 rings (SSSR count). The molecule has 0 aromatic heterocycles. The van der Waals surface area contributed by atoms with Crippen molar-refractivity contribution in [2.24, 2.45) is 0 Å². The molecule has 1 heterocycles. The van der Waals surface area contributed by atoms with Crippen LogP contribution in [0.3, 0.4) is 0 Å². The maximum Gasteiger partial charge on any atom is 0.175 e. The molecule has 1 aliphatic heterocycles. The van der Waals surface area contributed by atoms with Gasteiger partial charge in [-0.3, -0.25) is 0 Å². The predicted molar refractivity (Wildman–Crippen MR) is 294 cm³/mol. The van der Waals surface area contributed by atoms with Crippen LogP contribution in [0.15, 0.2) is 72.8 Å². The van der Waals surface area contributed by atoms with Gasteiger partial charge >= 0.3 is 0 Å². The summed E-state index contributed by atoms with van der Waals surface area (Å²) < 4.78 is 14.1. The average Bonchev–Trinajstić information content (AvgIpc) is 3.18. The molecule has 1 fully saturated rings. The third kappa shape index (κ3) is 10.5. The first-order valence-electron chi connectivity index (χ1n) is 25.0. The Hall–Kier alpha value is -2.50. The van der Waals surface area contributed by atoms with E-state index in [1.165, 1.54) is 44.5 Å². The second-order valence-electron chi connectivity index (χ2n) is 28.0. The molecule has 0 amide bonds. The van der Waals surface area contributed by atoms with E-state index in [1.807, 2.05) is 0 Å². The smallest absolute Gasteiger partial charge is 0.175 e. The van der Waals surface area contributed by atoms with Crippen LogP contribution >= 0.6 is 18.1 Å². The van der Waals surface area contributed by atoms with E-state index in [1.54, 1.807) is 0 Å². The van der Waals surface area contributed by atoms with E-state index < -0.39 is 29.1 Å². The molecule has 1 aliphatic rings. The molecular weight excluding hydrogens is 875 g/mol. The van der Waals surface area contributed by atoms with Gasteiger partial charge in [-0.1, -0.05) is 239 Å². The first kappa shape index (κ1) is 56.4. The lowest BCUT2D eigenvalue weighted by Gasteiger charge is -2.64. The second kappa shape index (κ2) is 18.8. The maximum absolute atomic E-state index is 11.5. The molecule has 0 saturated carbocycles. The topological polar surface area (TPSA) is 65.4 Å². The highest BCUT2D eigenvalue weighted by Crippen LogP contribution is 2.65. The van der Waals surface area contributed by atoms with Crippen molar-refractivity contribution >= 4 is 18.1 Å². The van der Waals surface area contributed by atoms with Crippen LogP contribution in [0.25, 0.3) is 0 Å². The number of hydroxylamine groups is 4. The van der Waals surface area contributed by atoms with Gasteiger partial charge in [-0.15, -0.1) is 0 Å². The lowest BCUT2D eigenvalue weighted by Crippen LogP contribution is -2.73. The van der Waals surface area contributed by atoms with Crippen LogP contribution in [0.2, 0.25) is 0 Å². The summed E-state index contributed by atoms with van der Waals surface area (Å²) in [6, 6.07) is 28.6. The largest absolute Gasteiger partial charge is 0.351 e. The van der Waals surface area contributed by atoms with Gasteiger partial charge in [0.25, 0.3) is 0 Å². The average molecular weight is 967 g/mol. The first-order chi connectivity index (χ1) is 30.7. The zero-order chi connectivity index (χ0) is 51.8. The zero-order valence-electron chi connectivity index (χ0n) is 46.9.